The summed E-state index contributed by atoms with van der Waals surface area (Å²) in [5, 5.41) is 0. The molecular formula is C12H8BrF2NO. The van der Waals surface area contributed by atoms with Crippen LogP contribution in [0.4, 0.5) is 14.5 Å². The molecule has 2 N–H and O–H groups in total. The Kier molecular flexibility index (Phi) is 3.28. The number of nitrogen functional groups attached to an aromatic ring is 1. The smallest absolute Gasteiger partial charge is 0.151 e. The highest BCUT2D eigenvalue weighted by molar-refractivity contribution is 9.10. The second-order valence-electron chi connectivity index (χ2n) is 3.36. The second kappa shape index (κ2) is 4.71. The van der Waals surface area contributed by atoms with Gasteiger partial charge in [-0.2, -0.15) is 0 Å². The van der Waals surface area contributed by atoms with Crippen molar-refractivity contribution in [2.75, 3.05) is 5.73 Å². The van der Waals surface area contributed by atoms with Crippen LogP contribution in [0.5, 0.6) is 11.5 Å². The van der Waals surface area contributed by atoms with E-state index in [4.69, 9.17) is 10.5 Å². The van der Waals surface area contributed by atoms with E-state index in [0.29, 0.717) is 11.5 Å². The highest BCUT2D eigenvalue weighted by atomic mass is 79.9. The van der Waals surface area contributed by atoms with E-state index in [-0.39, 0.29) is 16.0 Å². The van der Waals surface area contributed by atoms with Crippen LogP contribution >= 0.6 is 15.9 Å². The molecule has 0 heterocycles. The molecule has 0 bridgehead atoms. The molecule has 0 saturated carbocycles. The van der Waals surface area contributed by atoms with Crippen LogP contribution in [0.1, 0.15) is 0 Å². The molecule has 88 valence electrons. The van der Waals surface area contributed by atoms with Gasteiger partial charge in [-0.1, -0.05) is 0 Å². The highest BCUT2D eigenvalue weighted by Gasteiger charge is 2.08. The van der Waals surface area contributed by atoms with Crippen molar-refractivity contribution in [3.8, 4) is 11.5 Å². The molecule has 0 atom stereocenters. The van der Waals surface area contributed by atoms with Crippen molar-refractivity contribution in [2.45, 2.75) is 0 Å². The Bertz CT molecular complexity index is 543. The first-order valence-corrected chi connectivity index (χ1v) is 5.53. The van der Waals surface area contributed by atoms with Crippen LogP contribution in [-0.4, -0.2) is 0 Å². The Hall–Kier alpha value is -1.62. The molecule has 2 aromatic rings. The molecule has 0 fully saturated rings. The first kappa shape index (κ1) is 11.9. The van der Waals surface area contributed by atoms with Crippen molar-refractivity contribution in [3.05, 3.63) is 52.5 Å². The van der Waals surface area contributed by atoms with Gasteiger partial charge in [0.25, 0.3) is 0 Å². The number of anilines is 1. The maximum Gasteiger partial charge on any atom is 0.151 e. The summed E-state index contributed by atoms with van der Waals surface area (Å²) in [6.45, 7) is 0. The Morgan fingerprint density at radius 1 is 1.06 bits per heavy atom. The lowest BCUT2D eigenvalue weighted by Gasteiger charge is -2.09. The standard InChI is InChI=1S/C12H8BrF2NO/c13-9-5-12(11(16)6-10(9)15)17-8-3-1-7(14)2-4-8/h1-6H,16H2. The summed E-state index contributed by atoms with van der Waals surface area (Å²) in [5.74, 6) is -0.0824. The van der Waals surface area contributed by atoms with Gasteiger partial charge in [0.15, 0.2) is 5.75 Å². The average Bonchev–Trinajstić information content (AvgIpc) is 2.29. The summed E-state index contributed by atoms with van der Waals surface area (Å²) < 4.78 is 31.5. The summed E-state index contributed by atoms with van der Waals surface area (Å²) in [7, 11) is 0. The normalized spacial score (nSPS) is 10.3. The summed E-state index contributed by atoms with van der Waals surface area (Å²) in [4.78, 5) is 0. The van der Waals surface area contributed by atoms with Crippen molar-refractivity contribution in [2.24, 2.45) is 0 Å². The first-order valence-electron chi connectivity index (χ1n) is 4.74. The van der Waals surface area contributed by atoms with Gasteiger partial charge in [-0.3, -0.25) is 0 Å². The van der Waals surface area contributed by atoms with E-state index < -0.39 is 5.82 Å². The molecule has 2 nitrogen and oxygen atoms in total. The van der Waals surface area contributed by atoms with Crippen LogP contribution in [0.25, 0.3) is 0 Å². The van der Waals surface area contributed by atoms with Gasteiger partial charge in [-0.25, -0.2) is 8.78 Å². The minimum Gasteiger partial charge on any atom is -0.455 e. The monoisotopic (exact) mass is 299 g/mol. The molecule has 0 aliphatic heterocycles. The molecule has 0 unspecified atom stereocenters. The fraction of sp³-hybridized carbons (Fsp3) is 0. The van der Waals surface area contributed by atoms with E-state index in [9.17, 15) is 8.78 Å². The van der Waals surface area contributed by atoms with E-state index in [2.05, 4.69) is 15.9 Å². The zero-order valence-corrected chi connectivity index (χ0v) is 10.2. The Morgan fingerprint density at radius 3 is 2.35 bits per heavy atom. The summed E-state index contributed by atoms with van der Waals surface area (Å²) in [6.07, 6.45) is 0. The third kappa shape index (κ3) is 2.74. The van der Waals surface area contributed by atoms with E-state index in [1.807, 2.05) is 0 Å². The van der Waals surface area contributed by atoms with Gasteiger partial charge < -0.3 is 10.5 Å². The number of nitrogens with two attached hydrogens (primary N) is 1. The number of halogens is 3. The first-order chi connectivity index (χ1) is 8.06. The Balaban J connectivity index is 2.30. The molecule has 0 aliphatic rings. The maximum absolute atomic E-state index is 13.1. The van der Waals surface area contributed by atoms with Crippen molar-refractivity contribution < 1.29 is 13.5 Å². The molecule has 0 amide bonds. The SMILES string of the molecule is Nc1cc(F)c(Br)cc1Oc1ccc(F)cc1. The van der Waals surface area contributed by atoms with Crippen LogP contribution < -0.4 is 10.5 Å². The lowest BCUT2D eigenvalue weighted by Crippen LogP contribution is -1.94. The van der Waals surface area contributed by atoms with E-state index >= 15 is 0 Å². The molecule has 2 aromatic carbocycles. The third-order valence-electron chi connectivity index (χ3n) is 2.09. The second-order valence-corrected chi connectivity index (χ2v) is 4.21. The number of benzene rings is 2. The van der Waals surface area contributed by atoms with Crippen LogP contribution in [0.3, 0.4) is 0 Å². The molecule has 0 saturated heterocycles. The predicted molar refractivity (Wildman–Crippen MR) is 65.0 cm³/mol. The number of hydrogen-bond donors (Lipinski definition) is 1. The fourth-order valence-corrected chi connectivity index (χ4v) is 1.58. The zero-order chi connectivity index (χ0) is 12.4. The van der Waals surface area contributed by atoms with E-state index in [1.165, 1.54) is 30.3 Å². The van der Waals surface area contributed by atoms with Gasteiger partial charge in [-0.15, -0.1) is 0 Å². The molecule has 0 spiro atoms. The Morgan fingerprint density at radius 2 is 1.71 bits per heavy atom. The molecular weight excluding hydrogens is 292 g/mol. The molecule has 0 aromatic heterocycles. The van der Waals surface area contributed by atoms with Gasteiger partial charge >= 0.3 is 0 Å². The van der Waals surface area contributed by atoms with Crippen LogP contribution in [0, 0.1) is 11.6 Å². The zero-order valence-electron chi connectivity index (χ0n) is 8.58. The quantitative estimate of drug-likeness (QED) is 0.847. The molecule has 2 rings (SSSR count). The van der Waals surface area contributed by atoms with Crippen LogP contribution in [-0.2, 0) is 0 Å². The molecule has 5 heteroatoms. The number of rotatable bonds is 2. The van der Waals surface area contributed by atoms with Gasteiger partial charge in [0.1, 0.15) is 17.4 Å². The average molecular weight is 300 g/mol. The van der Waals surface area contributed by atoms with Crippen molar-refractivity contribution in [1.82, 2.24) is 0 Å². The van der Waals surface area contributed by atoms with E-state index in [1.54, 1.807) is 0 Å². The lowest BCUT2D eigenvalue weighted by molar-refractivity contribution is 0.480. The van der Waals surface area contributed by atoms with Gasteiger partial charge in [-0.05, 0) is 40.2 Å². The minimum absolute atomic E-state index is 0.176. The summed E-state index contributed by atoms with van der Waals surface area (Å²) in [5.41, 5.74) is 5.78. The summed E-state index contributed by atoms with van der Waals surface area (Å²) in [6, 6.07) is 8.04. The topological polar surface area (TPSA) is 35.2 Å². The molecule has 0 radical (unpaired) electrons. The van der Waals surface area contributed by atoms with Gasteiger partial charge in [0.05, 0.1) is 10.2 Å². The molecule has 0 aliphatic carbocycles. The van der Waals surface area contributed by atoms with Crippen LogP contribution in [0.15, 0.2) is 40.9 Å². The van der Waals surface area contributed by atoms with Crippen molar-refractivity contribution >= 4 is 21.6 Å². The van der Waals surface area contributed by atoms with Crippen molar-refractivity contribution in [3.63, 3.8) is 0 Å². The highest BCUT2D eigenvalue weighted by Crippen LogP contribution is 2.32. The molecule has 17 heavy (non-hydrogen) atoms. The fourth-order valence-electron chi connectivity index (χ4n) is 1.26. The maximum atomic E-state index is 13.1. The van der Waals surface area contributed by atoms with Gasteiger partial charge in [0, 0.05) is 12.1 Å². The van der Waals surface area contributed by atoms with E-state index in [0.717, 1.165) is 6.07 Å². The largest absolute Gasteiger partial charge is 0.455 e. The van der Waals surface area contributed by atoms with Crippen molar-refractivity contribution in [1.29, 1.82) is 0 Å². The third-order valence-corrected chi connectivity index (χ3v) is 2.70. The number of ether oxygens (including phenoxy) is 1. The number of hydrogen-bond acceptors (Lipinski definition) is 2. The predicted octanol–water partition coefficient (Wildman–Crippen LogP) is 4.10. The van der Waals surface area contributed by atoms with Gasteiger partial charge in [0.2, 0.25) is 0 Å². The van der Waals surface area contributed by atoms with Crippen LogP contribution in [0.2, 0.25) is 0 Å². The Labute approximate surface area is 105 Å². The lowest BCUT2D eigenvalue weighted by atomic mass is 10.3. The summed E-state index contributed by atoms with van der Waals surface area (Å²) >= 11 is 3.03. The minimum atomic E-state index is -0.464.